The molecule has 0 bridgehead atoms. The van der Waals surface area contributed by atoms with Crippen LogP contribution in [0.3, 0.4) is 0 Å². The Labute approximate surface area is 144 Å². The molecule has 1 fully saturated rings. The molecule has 1 aromatic heterocycles. The first kappa shape index (κ1) is 17.0. The first-order valence-electron chi connectivity index (χ1n) is 7.97. The quantitative estimate of drug-likeness (QED) is 0.742. The number of amides is 1. The van der Waals surface area contributed by atoms with Crippen molar-refractivity contribution in [2.75, 3.05) is 19.7 Å². The van der Waals surface area contributed by atoms with Gasteiger partial charge in [-0.3, -0.25) is 4.79 Å². The molecule has 2 atom stereocenters. The Balaban J connectivity index is 1.64. The topological polar surface area (TPSA) is 99.4 Å². The Kier molecular flexibility index (Phi) is 5.03. The highest BCUT2D eigenvalue weighted by atomic mass is 16.5. The maximum absolute atomic E-state index is 12.4. The van der Waals surface area contributed by atoms with Gasteiger partial charge in [-0.05, 0) is 36.4 Å². The summed E-state index contributed by atoms with van der Waals surface area (Å²) in [5.74, 6) is -0.843. The van der Waals surface area contributed by atoms with Gasteiger partial charge in [0.1, 0.15) is 6.33 Å². The van der Waals surface area contributed by atoms with Crippen LogP contribution in [0.5, 0.6) is 0 Å². The number of esters is 1. The van der Waals surface area contributed by atoms with Crippen molar-refractivity contribution in [2.24, 2.45) is 0 Å². The van der Waals surface area contributed by atoms with Crippen LogP contribution in [0.4, 0.5) is 0 Å². The lowest BCUT2D eigenvalue weighted by atomic mass is 10.2. The molecule has 1 amide bonds. The minimum Gasteiger partial charge on any atom is -0.452 e. The summed E-state index contributed by atoms with van der Waals surface area (Å²) < 4.78 is 12.2. The van der Waals surface area contributed by atoms with Gasteiger partial charge in [0, 0.05) is 13.1 Å². The van der Waals surface area contributed by atoms with Gasteiger partial charge >= 0.3 is 5.97 Å². The molecule has 132 valence electrons. The highest BCUT2D eigenvalue weighted by Crippen LogP contribution is 2.15. The molecule has 3 rings (SSSR count). The van der Waals surface area contributed by atoms with Crippen molar-refractivity contribution in [3.8, 4) is 5.69 Å². The maximum atomic E-state index is 12.4. The molecule has 0 radical (unpaired) electrons. The molecular weight excluding hydrogens is 326 g/mol. The van der Waals surface area contributed by atoms with E-state index in [1.807, 2.05) is 13.8 Å². The average Bonchev–Trinajstić information content (AvgIpc) is 3.13. The lowest BCUT2D eigenvalue weighted by molar-refractivity contribution is -0.146. The smallest absolute Gasteiger partial charge is 0.340 e. The monoisotopic (exact) mass is 345 g/mol. The van der Waals surface area contributed by atoms with Gasteiger partial charge in [0.05, 0.1) is 23.5 Å². The third kappa shape index (κ3) is 4.00. The molecule has 1 aromatic carbocycles. The molecule has 0 N–H and O–H groups in total. The fourth-order valence-electron chi connectivity index (χ4n) is 2.80. The number of tetrazole rings is 1. The summed E-state index contributed by atoms with van der Waals surface area (Å²) in [7, 11) is 0. The molecule has 0 unspecified atom stereocenters. The number of rotatable bonds is 4. The van der Waals surface area contributed by atoms with Crippen LogP contribution in [0.2, 0.25) is 0 Å². The molecule has 25 heavy (non-hydrogen) atoms. The summed E-state index contributed by atoms with van der Waals surface area (Å²) in [4.78, 5) is 26.3. The highest BCUT2D eigenvalue weighted by molar-refractivity contribution is 5.94. The van der Waals surface area contributed by atoms with E-state index >= 15 is 0 Å². The number of ether oxygens (including phenoxy) is 2. The molecule has 9 nitrogen and oxygen atoms in total. The maximum Gasteiger partial charge on any atom is 0.340 e. The SMILES string of the molecule is C[C@@H]1CN(C(=O)COC(=O)c2ccccc2-n2cnnn2)C[C@H](C)O1. The van der Waals surface area contributed by atoms with E-state index in [0.717, 1.165) is 0 Å². The van der Waals surface area contributed by atoms with Crippen molar-refractivity contribution in [1.29, 1.82) is 0 Å². The van der Waals surface area contributed by atoms with Crippen molar-refractivity contribution in [1.82, 2.24) is 25.1 Å². The van der Waals surface area contributed by atoms with Crippen LogP contribution in [0.15, 0.2) is 30.6 Å². The van der Waals surface area contributed by atoms with Crippen molar-refractivity contribution in [3.63, 3.8) is 0 Å². The van der Waals surface area contributed by atoms with Gasteiger partial charge in [-0.1, -0.05) is 12.1 Å². The molecule has 2 heterocycles. The van der Waals surface area contributed by atoms with Crippen molar-refractivity contribution in [2.45, 2.75) is 26.1 Å². The number of aromatic nitrogens is 4. The standard InChI is InChI=1S/C16H19N5O4/c1-11-7-20(8-12(2)25-11)15(22)9-24-16(23)13-5-3-4-6-14(13)21-10-17-18-19-21/h3-6,10-12H,7-9H2,1-2H3/t11-,12+. The highest BCUT2D eigenvalue weighted by Gasteiger charge is 2.26. The van der Waals surface area contributed by atoms with Gasteiger partial charge in [0.2, 0.25) is 0 Å². The number of morpholine rings is 1. The zero-order valence-corrected chi connectivity index (χ0v) is 14.0. The zero-order chi connectivity index (χ0) is 17.8. The van der Waals surface area contributed by atoms with Crippen LogP contribution in [0.25, 0.3) is 5.69 Å². The number of carbonyl (C=O) groups excluding carboxylic acids is 2. The van der Waals surface area contributed by atoms with E-state index in [9.17, 15) is 9.59 Å². The van der Waals surface area contributed by atoms with Crippen molar-refractivity contribution < 1.29 is 19.1 Å². The van der Waals surface area contributed by atoms with Crippen LogP contribution in [0, 0.1) is 0 Å². The Morgan fingerprint density at radius 2 is 1.96 bits per heavy atom. The summed E-state index contributed by atoms with van der Waals surface area (Å²) in [6, 6.07) is 6.76. The number of benzene rings is 1. The van der Waals surface area contributed by atoms with Gasteiger partial charge < -0.3 is 14.4 Å². The van der Waals surface area contributed by atoms with Gasteiger partial charge in [-0.25, -0.2) is 4.79 Å². The summed E-state index contributed by atoms with van der Waals surface area (Å²) in [5, 5.41) is 10.9. The first-order valence-corrected chi connectivity index (χ1v) is 7.97. The second kappa shape index (κ2) is 7.39. The molecule has 9 heteroatoms. The third-order valence-corrected chi connectivity index (χ3v) is 3.82. The number of nitrogens with zero attached hydrogens (tertiary/aromatic N) is 5. The normalized spacial score (nSPS) is 20.3. The Bertz CT molecular complexity index is 739. The van der Waals surface area contributed by atoms with Crippen LogP contribution in [0.1, 0.15) is 24.2 Å². The van der Waals surface area contributed by atoms with Gasteiger partial charge in [-0.15, -0.1) is 5.10 Å². The van der Waals surface area contributed by atoms with E-state index in [4.69, 9.17) is 9.47 Å². The summed E-state index contributed by atoms with van der Waals surface area (Å²) in [6.45, 7) is 4.47. The second-order valence-corrected chi connectivity index (χ2v) is 5.90. The number of para-hydroxylation sites is 1. The molecular formula is C16H19N5O4. The van der Waals surface area contributed by atoms with E-state index in [1.165, 1.54) is 11.0 Å². The van der Waals surface area contributed by atoms with Crippen LogP contribution >= 0.6 is 0 Å². The van der Waals surface area contributed by atoms with E-state index in [-0.39, 0.29) is 30.3 Å². The fraction of sp³-hybridized carbons (Fsp3) is 0.438. The lowest BCUT2D eigenvalue weighted by Gasteiger charge is -2.35. The minimum atomic E-state index is -0.603. The van der Waals surface area contributed by atoms with E-state index < -0.39 is 5.97 Å². The van der Waals surface area contributed by atoms with Gasteiger partial charge in [0.25, 0.3) is 5.91 Å². The van der Waals surface area contributed by atoms with E-state index in [2.05, 4.69) is 15.5 Å². The lowest BCUT2D eigenvalue weighted by Crippen LogP contribution is -2.49. The Morgan fingerprint density at radius 3 is 2.64 bits per heavy atom. The van der Waals surface area contributed by atoms with Crippen LogP contribution in [-0.2, 0) is 14.3 Å². The number of hydrogen-bond acceptors (Lipinski definition) is 7. The number of hydrogen-bond donors (Lipinski definition) is 0. The fourth-order valence-corrected chi connectivity index (χ4v) is 2.80. The molecule has 0 saturated carbocycles. The molecule has 1 aliphatic rings. The average molecular weight is 345 g/mol. The summed E-state index contributed by atoms with van der Waals surface area (Å²) in [6.07, 6.45) is 1.31. The minimum absolute atomic E-state index is 0.0380. The van der Waals surface area contributed by atoms with E-state index in [1.54, 1.807) is 29.2 Å². The molecule has 0 spiro atoms. The van der Waals surface area contributed by atoms with Crippen LogP contribution < -0.4 is 0 Å². The second-order valence-electron chi connectivity index (χ2n) is 5.90. The molecule has 1 saturated heterocycles. The molecule has 1 aliphatic heterocycles. The Hall–Kier alpha value is -2.81. The summed E-state index contributed by atoms with van der Waals surface area (Å²) >= 11 is 0. The summed E-state index contributed by atoms with van der Waals surface area (Å²) in [5.41, 5.74) is 0.768. The van der Waals surface area contributed by atoms with E-state index in [0.29, 0.717) is 18.8 Å². The predicted octanol–water partition coefficient (Wildman–Crippen LogP) is 0.455. The van der Waals surface area contributed by atoms with Gasteiger partial charge in [0.15, 0.2) is 6.61 Å². The Morgan fingerprint density at radius 1 is 1.24 bits per heavy atom. The third-order valence-electron chi connectivity index (χ3n) is 3.82. The predicted molar refractivity (Wildman–Crippen MR) is 86.0 cm³/mol. The number of carbonyl (C=O) groups is 2. The van der Waals surface area contributed by atoms with Crippen molar-refractivity contribution >= 4 is 11.9 Å². The first-order chi connectivity index (χ1) is 12.0. The largest absolute Gasteiger partial charge is 0.452 e. The van der Waals surface area contributed by atoms with Crippen molar-refractivity contribution in [3.05, 3.63) is 36.2 Å². The molecule has 0 aliphatic carbocycles. The van der Waals surface area contributed by atoms with Crippen LogP contribution in [-0.4, -0.2) is 68.9 Å². The molecule has 2 aromatic rings. The van der Waals surface area contributed by atoms with Gasteiger partial charge in [-0.2, -0.15) is 4.68 Å². The zero-order valence-electron chi connectivity index (χ0n) is 14.0.